The van der Waals surface area contributed by atoms with Crippen molar-refractivity contribution in [2.45, 2.75) is 70.8 Å². The average Bonchev–Trinajstić information content (AvgIpc) is 2.83. The molecule has 1 aliphatic carbocycles. The Kier molecular flexibility index (Phi) is 5.77. The van der Waals surface area contributed by atoms with Crippen LogP contribution in [0.4, 0.5) is 0 Å². The highest BCUT2D eigenvalue weighted by Gasteiger charge is 2.60. The molecule has 1 saturated carbocycles. The number of hydrogen-bond donors (Lipinski definition) is 2. The Balaban J connectivity index is 2.19. The number of rotatable bonds is 9. The molecule has 0 heterocycles. The highest BCUT2D eigenvalue weighted by Crippen LogP contribution is 2.57. The van der Waals surface area contributed by atoms with Crippen LogP contribution in [0.15, 0.2) is 0 Å². The minimum absolute atomic E-state index is 0.222. The van der Waals surface area contributed by atoms with Gasteiger partial charge in [0, 0.05) is 6.61 Å². The lowest BCUT2D eigenvalue weighted by Gasteiger charge is -2.10. The summed E-state index contributed by atoms with van der Waals surface area (Å²) in [7, 11) is 0. The second-order valence-electron chi connectivity index (χ2n) is 5.29. The molecule has 0 radical (unpaired) electrons. The SMILES string of the molecule is CCCCCCC[C@@]1(O)[C@H](CC)[C@H]1CCO. The van der Waals surface area contributed by atoms with Crippen LogP contribution in [-0.2, 0) is 0 Å². The first-order valence-electron chi connectivity index (χ1n) is 7.03. The average molecular weight is 228 g/mol. The van der Waals surface area contributed by atoms with E-state index in [-0.39, 0.29) is 6.61 Å². The first-order chi connectivity index (χ1) is 7.70. The van der Waals surface area contributed by atoms with Gasteiger partial charge in [-0.2, -0.15) is 0 Å². The maximum absolute atomic E-state index is 10.4. The number of aliphatic hydroxyl groups is 2. The van der Waals surface area contributed by atoms with Crippen molar-refractivity contribution in [2.75, 3.05) is 6.61 Å². The van der Waals surface area contributed by atoms with Crippen molar-refractivity contribution in [1.29, 1.82) is 0 Å². The van der Waals surface area contributed by atoms with Crippen LogP contribution in [-0.4, -0.2) is 22.4 Å². The zero-order valence-corrected chi connectivity index (χ0v) is 10.9. The van der Waals surface area contributed by atoms with Crippen molar-refractivity contribution >= 4 is 0 Å². The quantitative estimate of drug-likeness (QED) is 0.595. The lowest BCUT2D eigenvalue weighted by Crippen LogP contribution is -2.13. The van der Waals surface area contributed by atoms with Crippen LogP contribution in [0.1, 0.15) is 65.2 Å². The molecule has 0 spiro atoms. The van der Waals surface area contributed by atoms with Crippen LogP contribution >= 0.6 is 0 Å². The molecule has 0 saturated heterocycles. The predicted octanol–water partition coefficient (Wildman–Crippen LogP) is 3.12. The highest BCUT2D eigenvalue weighted by atomic mass is 16.3. The van der Waals surface area contributed by atoms with Gasteiger partial charge in [-0.15, -0.1) is 0 Å². The third-order valence-electron chi connectivity index (χ3n) is 4.22. The van der Waals surface area contributed by atoms with Gasteiger partial charge in [-0.25, -0.2) is 0 Å². The van der Waals surface area contributed by atoms with Gasteiger partial charge in [0.05, 0.1) is 5.60 Å². The molecular formula is C14H28O2. The summed E-state index contributed by atoms with van der Waals surface area (Å²) < 4.78 is 0. The molecule has 2 N–H and O–H groups in total. The number of unbranched alkanes of at least 4 members (excludes halogenated alkanes) is 4. The largest absolute Gasteiger partial charge is 0.396 e. The second kappa shape index (κ2) is 6.61. The molecule has 1 aliphatic rings. The molecule has 3 atom stereocenters. The normalized spacial score (nSPS) is 33.0. The summed E-state index contributed by atoms with van der Waals surface area (Å²) in [4.78, 5) is 0. The molecule has 0 bridgehead atoms. The number of aliphatic hydroxyl groups excluding tert-OH is 1. The molecule has 96 valence electrons. The van der Waals surface area contributed by atoms with Gasteiger partial charge < -0.3 is 10.2 Å². The smallest absolute Gasteiger partial charge is 0.0712 e. The summed E-state index contributed by atoms with van der Waals surface area (Å²) >= 11 is 0. The van der Waals surface area contributed by atoms with Crippen LogP contribution < -0.4 is 0 Å². The van der Waals surface area contributed by atoms with Gasteiger partial charge in [-0.05, 0) is 24.7 Å². The topological polar surface area (TPSA) is 40.5 Å². The molecule has 0 unspecified atom stereocenters. The van der Waals surface area contributed by atoms with E-state index in [4.69, 9.17) is 5.11 Å². The zero-order valence-electron chi connectivity index (χ0n) is 10.9. The third kappa shape index (κ3) is 3.21. The molecule has 0 amide bonds. The Morgan fingerprint density at radius 3 is 2.25 bits per heavy atom. The molecule has 0 aromatic heterocycles. The Hall–Kier alpha value is -0.0800. The Morgan fingerprint density at radius 2 is 1.69 bits per heavy atom. The lowest BCUT2D eigenvalue weighted by molar-refractivity contribution is 0.0986. The minimum Gasteiger partial charge on any atom is -0.396 e. The van der Waals surface area contributed by atoms with Crippen molar-refractivity contribution in [3.63, 3.8) is 0 Å². The van der Waals surface area contributed by atoms with Crippen molar-refractivity contribution < 1.29 is 10.2 Å². The molecule has 0 aliphatic heterocycles. The van der Waals surface area contributed by atoms with E-state index in [9.17, 15) is 5.11 Å². The van der Waals surface area contributed by atoms with E-state index in [0.717, 1.165) is 25.7 Å². The van der Waals surface area contributed by atoms with E-state index in [1.165, 1.54) is 25.7 Å². The van der Waals surface area contributed by atoms with Crippen LogP contribution in [0, 0.1) is 11.8 Å². The van der Waals surface area contributed by atoms with Crippen LogP contribution in [0.2, 0.25) is 0 Å². The van der Waals surface area contributed by atoms with Crippen LogP contribution in [0.3, 0.4) is 0 Å². The van der Waals surface area contributed by atoms with Gasteiger partial charge in [0.15, 0.2) is 0 Å². The summed E-state index contributed by atoms with van der Waals surface area (Å²) in [6.07, 6.45) is 9.06. The van der Waals surface area contributed by atoms with Crippen molar-refractivity contribution in [3.05, 3.63) is 0 Å². The van der Waals surface area contributed by atoms with Crippen LogP contribution in [0.25, 0.3) is 0 Å². The van der Waals surface area contributed by atoms with E-state index in [1.54, 1.807) is 0 Å². The maximum atomic E-state index is 10.4. The first kappa shape index (κ1) is 14.0. The van der Waals surface area contributed by atoms with Crippen molar-refractivity contribution in [3.8, 4) is 0 Å². The molecule has 16 heavy (non-hydrogen) atoms. The fraction of sp³-hybridized carbons (Fsp3) is 1.00. The summed E-state index contributed by atoms with van der Waals surface area (Å²) in [6.45, 7) is 4.59. The van der Waals surface area contributed by atoms with Gasteiger partial charge in [0.25, 0.3) is 0 Å². The monoisotopic (exact) mass is 228 g/mol. The fourth-order valence-corrected chi connectivity index (χ4v) is 3.20. The molecule has 1 fully saturated rings. The molecule has 0 aromatic carbocycles. The Bertz CT molecular complexity index is 193. The summed E-state index contributed by atoms with van der Waals surface area (Å²) in [5.74, 6) is 0.819. The molecule has 2 nitrogen and oxygen atoms in total. The summed E-state index contributed by atoms with van der Waals surface area (Å²) in [5, 5.41) is 19.4. The van der Waals surface area contributed by atoms with E-state index < -0.39 is 5.60 Å². The van der Waals surface area contributed by atoms with Gasteiger partial charge >= 0.3 is 0 Å². The molecular weight excluding hydrogens is 200 g/mol. The third-order valence-corrected chi connectivity index (χ3v) is 4.22. The van der Waals surface area contributed by atoms with Crippen molar-refractivity contribution in [2.24, 2.45) is 11.8 Å². The van der Waals surface area contributed by atoms with E-state index in [2.05, 4.69) is 13.8 Å². The minimum atomic E-state index is -0.427. The van der Waals surface area contributed by atoms with E-state index in [0.29, 0.717) is 11.8 Å². The summed E-state index contributed by atoms with van der Waals surface area (Å²) in [5.41, 5.74) is -0.427. The first-order valence-corrected chi connectivity index (χ1v) is 7.03. The lowest BCUT2D eigenvalue weighted by atomic mass is 10.0. The predicted molar refractivity (Wildman–Crippen MR) is 67.3 cm³/mol. The Morgan fingerprint density at radius 1 is 1.00 bits per heavy atom. The van der Waals surface area contributed by atoms with E-state index in [1.807, 2.05) is 0 Å². The molecule has 1 rings (SSSR count). The Labute approximate surface area is 100 Å². The second-order valence-corrected chi connectivity index (χ2v) is 5.29. The van der Waals surface area contributed by atoms with Crippen molar-refractivity contribution in [1.82, 2.24) is 0 Å². The van der Waals surface area contributed by atoms with E-state index >= 15 is 0 Å². The standard InChI is InChI=1S/C14H28O2/c1-3-5-6-7-8-10-14(16)12(4-2)13(14)9-11-15/h12-13,15-16H,3-11H2,1-2H3/t12-,13-,14-/m1/s1. The van der Waals surface area contributed by atoms with Gasteiger partial charge in [0.2, 0.25) is 0 Å². The zero-order chi connectivity index (χ0) is 12.0. The summed E-state index contributed by atoms with van der Waals surface area (Å²) in [6, 6.07) is 0. The maximum Gasteiger partial charge on any atom is 0.0712 e. The molecule has 0 aromatic rings. The van der Waals surface area contributed by atoms with Crippen LogP contribution in [0.5, 0.6) is 0 Å². The molecule has 2 heteroatoms. The van der Waals surface area contributed by atoms with Gasteiger partial charge in [0.1, 0.15) is 0 Å². The highest BCUT2D eigenvalue weighted by molar-refractivity contribution is 5.10. The van der Waals surface area contributed by atoms with Gasteiger partial charge in [-0.1, -0.05) is 52.4 Å². The number of hydrogen-bond acceptors (Lipinski definition) is 2. The fourth-order valence-electron chi connectivity index (χ4n) is 3.20. The van der Waals surface area contributed by atoms with Gasteiger partial charge in [-0.3, -0.25) is 0 Å².